The van der Waals surface area contributed by atoms with E-state index in [2.05, 4.69) is 0 Å². The van der Waals surface area contributed by atoms with Crippen LogP contribution in [0.3, 0.4) is 0 Å². The molecule has 5 heteroatoms. The van der Waals surface area contributed by atoms with E-state index in [-0.39, 0.29) is 5.69 Å². The highest BCUT2D eigenvalue weighted by Crippen LogP contribution is 2.13. The lowest BCUT2D eigenvalue weighted by molar-refractivity contribution is 0.0685. The Hall–Kier alpha value is -1.16. The summed E-state index contributed by atoms with van der Waals surface area (Å²) in [5.41, 5.74) is 0.157. The van der Waals surface area contributed by atoms with E-state index in [0.29, 0.717) is 5.02 Å². The van der Waals surface area contributed by atoms with Crippen molar-refractivity contribution in [2.45, 2.75) is 0 Å². The average Bonchev–Trinajstić information content (AvgIpc) is 2.31. The normalized spacial score (nSPS) is 9.92. The molecule has 0 atom stereocenters. The SMILES string of the molecule is CN(C)n1cc(Cl)cc1C(=O)O. The number of hydrogen-bond acceptors (Lipinski definition) is 2. The van der Waals surface area contributed by atoms with Crippen molar-refractivity contribution in [3.05, 3.63) is 23.0 Å². The lowest BCUT2D eigenvalue weighted by atomic mass is 10.4. The van der Waals surface area contributed by atoms with Crippen LogP contribution in [0.4, 0.5) is 0 Å². The van der Waals surface area contributed by atoms with Gasteiger partial charge in [0, 0.05) is 20.3 Å². The van der Waals surface area contributed by atoms with Crippen molar-refractivity contribution >= 4 is 17.6 Å². The summed E-state index contributed by atoms with van der Waals surface area (Å²) >= 11 is 5.64. The molecule has 0 amide bonds. The third-order valence-corrected chi connectivity index (χ3v) is 1.62. The Bertz CT molecular complexity index is 306. The first kappa shape index (κ1) is 8.93. The maximum atomic E-state index is 10.6. The maximum absolute atomic E-state index is 10.6. The molecule has 0 radical (unpaired) electrons. The number of rotatable bonds is 2. The van der Waals surface area contributed by atoms with Gasteiger partial charge in [-0.05, 0) is 6.07 Å². The smallest absolute Gasteiger partial charge is 0.354 e. The zero-order valence-electron chi connectivity index (χ0n) is 6.78. The molecule has 1 N–H and O–H groups in total. The molecule has 1 rings (SSSR count). The van der Waals surface area contributed by atoms with E-state index in [0.717, 1.165) is 0 Å². The van der Waals surface area contributed by atoms with Gasteiger partial charge in [0.15, 0.2) is 0 Å². The van der Waals surface area contributed by atoms with E-state index in [1.54, 1.807) is 25.3 Å². The molecule has 0 fully saturated rings. The molecule has 0 saturated heterocycles. The van der Waals surface area contributed by atoms with E-state index in [9.17, 15) is 4.79 Å². The van der Waals surface area contributed by atoms with Crippen molar-refractivity contribution in [2.75, 3.05) is 19.1 Å². The molecule has 0 bridgehead atoms. The average molecular weight is 189 g/mol. The highest BCUT2D eigenvalue weighted by Gasteiger charge is 2.12. The molecule has 1 heterocycles. The Morgan fingerprint density at radius 1 is 1.67 bits per heavy atom. The van der Waals surface area contributed by atoms with E-state index in [1.165, 1.54) is 10.7 Å². The Morgan fingerprint density at radius 2 is 2.25 bits per heavy atom. The van der Waals surface area contributed by atoms with Crippen LogP contribution < -0.4 is 5.01 Å². The third-order valence-electron chi connectivity index (χ3n) is 1.42. The number of nitrogens with zero attached hydrogens (tertiary/aromatic N) is 2. The van der Waals surface area contributed by atoms with E-state index >= 15 is 0 Å². The van der Waals surface area contributed by atoms with Crippen LogP contribution in [0.5, 0.6) is 0 Å². The van der Waals surface area contributed by atoms with Gasteiger partial charge in [0.1, 0.15) is 5.69 Å². The summed E-state index contributed by atoms with van der Waals surface area (Å²) in [5, 5.41) is 10.8. The lowest BCUT2D eigenvalue weighted by Gasteiger charge is -2.15. The number of aromatic carboxylic acids is 1. The van der Waals surface area contributed by atoms with Crippen LogP contribution >= 0.6 is 11.6 Å². The fourth-order valence-electron chi connectivity index (χ4n) is 0.911. The molecule has 0 spiro atoms. The molecule has 66 valence electrons. The second-order valence-electron chi connectivity index (χ2n) is 2.54. The highest BCUT2D eigenvalue weighted by molar-refractivity contribution is 6.30. The van der Waals surface area contributed by atoms with Crippen LogP contribution in [-0.4, -0.2) is 29.8 Å². The first-order valence-corrected chi connectivity index (χ1v) is 3.69. The molecule has 0 aromatic carbocycles. The predicted octanol–water partition coefficient (Wildman–Crippen LogP) is 1.04. The second-order valence-corrected chi connectivity index (χ2v) is 2.98. The van der Waals surface area contributed by atoms with Gasteiger partial charge in [0.05, 0.1) is 5.02 Å². The number of carboxylic acids is 1. The first-order chi connectivity index (χ1) is 5.52. The summed E-state index contributed by atoms with van der Waals surface area (Å²) in [5.74, 6) is -0.990. The zero-order chi connectivity index (χ0) is 9.30. The standard InChI is InChI=1S/C7H9ClN2O2/c1-9(2)10-4-5(8)3-6(10)7(11)12/h3-4H,1-2H3,(H,11,12). The van der Waals surface area contributed by atoms with E-state index in [1.807, 2.05) is 0 Å². The minimum Gasteiger partial charge on any atom is -0.477 e. The van der Waals surface area contributed by atoms with Gasteiger partial charge < -0.3 is 10.1 Å². The monoisotopic (exact) mass is 188 g/mol. The highest BCUT2D eigenvalue weighted by atomic mass is 35.5. The number of halogens is 1. The van der Waals surface area contributed by atoms with Gasteiger partial charge >= 0.3 is 5.97 Å². The van der Waals surface area contributed by atoms with Gasteiger partial charge in [-0.15, -0.1) is 0 Å². The van der Waals surface area contributed by atoms with E-state index < -0.39 is 5.97 Å². The van der Waals surface area contributed by atoms with Crippen molar-refractivity contribution in [1.29, 1.82) is 0 Å². The van der Waals surface area contributed by atoms with Gasteiger partial charge in [0.2, 0.25) is 0 Å². The van der Waals surface area contributed by atoms with Crippen LogP contribution in [0.2, 0.25) is 5.02 Å². The number of aromatic nitrogens is 1. The number of carbonyl (C=O) groups is 1. The summed E-state index contributed by atoms with van der Waals surface area (Å²) in [7, 11) is 3.48. The van der Waals surface area contributed by atoms with Crippen molar-refractivity contribution in [2.24, 2.45) is 0 Å². The maximum Gasteiger partial charge on any atom is 0.354 e. The minimum atomic E-state index is -0.990. The summed E-state index contributed by atoms with van der Waals surface area (Å²) in [6, 6.07) is 1.41. The Kier molecular flexibility index (Phi) is 2.28. The summed E-state index contributed by atoms with van der Waals surface area (Å²) in [4.78, 5) is 10.6. The van der Waals surface area contributed by atoms with Gasteiger partial charge in [-0.3, -0.25) is 4.68 Å². The largest absolute Gasteiger partial charge is 0.477 e. The zero-order valence-corrected chi connectivity index (χ0v) is 7.54. The topological polar surface area (TPSA) is 45.5 Å². The van der Waals surface area contributed by atoms with Crippen molar-refractivity contribution < 1.29 is 9.90 Å². The fraction of sp³-hybridized carbons (Fsp3) is 0.286. The number of carboxylic acid groups (broad SMARTS) is 1. The molecule has 0 aliphatic heterocycles. The van der Waals surface area contributed by atoms with Crippen LogP contribution in [-0.2, 0) is 0 Å². The van der Waals surface area contributed by atoms with Gasteiger partial charge in [0.25, 0.3) is 0 Å². The molecule has 0 saturated carbocycles. The first-order valence-electron chi connectivity index (χ1n) is 3.31. The Labute approximate surface area is 74.9 Å². The summed E-state index contributed by atoms with van der Waals surface area (Å²) in [6.07, 6.45) is 1.55. The summed E-state index contributed by atoms with van der Waals surface area (Å²) in [6.45, 7) is 0. The molecule has 0 aliphatic rings. The molecule has 0 aliphatic carbocycles. The van der Waals surface area contributed by atoms with Crippen molar-refractivity contribution in [3.8, 4) is 0 Å². The van der Waals surface area contributed by atoms with Gasteiger partial charge in [-0.1, -0.05) is 11.6 Å². The van der Waals surface area contributed by atoms with Crippen LogP contribution in [0.15, 0.2) is 12.3 Å². The fourth-order valence-corrected chi connectivity index (χ4v) is 1.11. The Morgan fingerprint density at radius 3 is 2.58 bits per heavy atom. The molecule has 0 unspecified atom stereocenters. The van der Waals surface area contributed by atoms with Gasteiger partial charge in [-0.2, -0.15) is 0 Å². The molecule has 4 nitrogen and oxygen atoms in total. The third kappa shape index (κ3) is 1.53. The van der Waals surface area contributed by atoms with Crippen molar-refractivity contribution in [3.63, 3.8) is 0 Å². The molecular weight excluding hydrogens is 180 g/mol. The lowest BCUT2D eigenvalue weighted by Crippen LogP contribution is -2.27. The molecule has 1 aromatic heterocycles. The van der Waals surface area contributed by atoms with Crippen LogP contribution in [0, 0.1) is 0 Å². The van der Waals surface area contributed by atoms with Crippen LogP contribution in [0.25, 0.3) is 0 Å². The van der Waals surface area contributed by atoms with Gasteiger partial charge in [-0.25, -0.2) is 4.79 Å². The molecule has 12 heavy (non-hydrogen) atoms. The van der Waals surface area contributed by atoms with E-state index in [4.69, 9.17) is 16.7 Å². The quantitative estimate of drug-likeness (QED) is 0.754. The molecule has 1 aromatic rings. The van der Waals surface area contributed by atoms with Crippen LogP contribution in [0.1, 0.15) is 10.5 Å². The second kappa shape index (κ2) is 3.06. The summed E-state index contributed by atoms with van der Waals surface area (Å²) < 4.78 is 1.46. The molecular formula is C7H9ClN2O2. The predicted molar refractivity (Wildman–Crippen MR) is 46.5 cm³/mol. The van der Waals surface area contributed by atoms with Crippen molar-refractivity contribution in [1.82, 2.24) is 4.68 Å². The number of hydrogen-bond donors (Lipinski definition) is 1. The Balaban J connectivity index is 3.17. The minimum absolute atomic E-state index is 0.157.